The van der Waals surface area contributed by atoms with Gasteiger partial charge in [-0.1, -0.05) is 44.9 Å². The van der Waals surface area contributed by atoms with Crippen LogP contribution in [0.3, 0.4) is 0 Å². The van der Waals surface area contributed by atoms with Crippen LogP contribution in [0.2, 0.25) is 5.02 Å². The van der Waals surface area contributed by atoms with Gasteiger partial charge < -0.3 is 0 Å². The molecule has 0 atom stereocenters. The number of hydrogen-bond donors (Lipinski definition) is 0. The van der Waals surface area contributed by atoms with Crippen molar-refractivity contribution in [3.8, 4) is 0 Å². The molecule has 0 amide bonds. The molecule has 98 valence electrons. The van der Waals surface area contributed by atoms with Crippen molar-refractivity contribution in [3.05, 3.63) is 54.2 Å². The molecule has 0 saturated carbocycles. The van der Waals surface area contributed by atoms with Crippen LogP contribution in [0.4, 0.5) is 0 Å². The van der Waals surface area contributed by atoms with Gasteiger partial charge in [-0.05, 0) is 30.7 Å². The SMILES string of the molecule is C=C.CC.CCCc1ccc2cc(Cl)ccc2n1. The lowest BCUT2D eigenvalue weighted by molar-refractivity contribution is 0.890. The molecule has 0 spiro atoms. The minimum absolute atomic E-state index is 0.766. The summed E-state index contributed by atoms with van der Waals surface area (Å²) in [7, 11) is 0. The van der Waals surface area contributed by atoms with Gasteiger partial charge in [-0.3, -0.25) is 4.98 Å². The fraction of sp³-hybridized carbons (Fsp3) is 0.312. The standard InChI is InChI=1S/C12H12ClN.C2H6.C2H4/c1-2-3-11-6-4-9-8-10(13)5-7-12(9)14-11;2*1-2/h4-8H,2-3H2,1H3;1-2H3;1-2H2. The molecule has 0 saturated heterocycles. The first-order valence-electron chi connectivity index (χ1n) is 6.35. The van der Waals surface area contributed by atoms with E-state index in [1.807, 2.05) is 32.0 Å². The summed E-state index contributed by atoms with van der Waals surface area (Å²) in [5.74, 6) is 0. The minimum atomic E-state index is 0.766. The van der Waals surface area contributed by atoms with Crippen molar-refractivity contribution in [3.63, 3.8) is 0 Å². The number of rotatable bonds is 2. The molecule has 1 aromatic carbocycles. The Morgan fingerprint density at radius 1 is 1.11 bits per heavy atom. The molecule has 2 aromatic rings. The third-order valence-electron chi connectivity index (χ3n) is 2.22. The Labute approximate surface area is 116 Å². The Balaban J connectivity index is 0.000000659. The molecule has 0 N–H and O–H groups in total. The number of pyridine rings is 1. The molecule has 2 rings (SSSR count). The Morgan fingerprint density at radius 2 is 1.78 bits per heavy atom. The molecule has 0 aliphatic rings. The lowest BCUT2D eigenvalue weighted by Gasteiger charge is -2.01. The Morgan fingerprint density at radius 3 is 2.39 bits per heavy atom. The molecule has 0 radical (unpaired) electrons. The van der Waals surface area contributed by atoms with E-state index in [1.54, 1.807) is 0 Å². The van der Waals surface area contributed by atoms with E-state index in [4.69, 9.17) is 11.6 Å². The van der Waals surface area contributed by atoms with Gasteiger partial charge in [0.15, 0.2) is 0 Å². The van der Waals surface area contributed by atoms with Crippen LogP contribution in [0.1, 0.15) is 32.9 Å². The molecule has 0 aliphatic carbocycles. The molecule has 2 heteroatoms. The van der Waals surface area contributed by atoms with Crippen LogP contribution >= 0.6 is 11.6 Å². The number of benzene rings is 1. The number of nitrogens with zero attached hydrogens (tertiary/aromatic N) is 1. The fourth-order valence-electron chi connectivity index (χ4n) is 1.53. The summed E-state index contributed by atoms with van der Waals surface area (Å²) in [6, 6.07) is 9.95. The third-order valence-corrected chi connectivity index (χ3v) is 2.45. The second-order valence-electron chi connectivity index (χ2n) is 3.39. The van der Waals surface area contributed by atoms with Crippen LogP contribution in [0.15, 0.2) is 43.5 Å². The predicted octanol–water partition coefficient (Wildman–Crippen LogP) is 5.67. The van der Waals surface area contributed by atoms with Gasteiger partial charge in [-0.2, -0.15) is 0 Å². The van der Waals surface area contributed by atoms with Gasteiger partial charge in [0, 0.05) is 16.1 Å². The van der Waals surface area contributed by atoms with Gasteiger partial charge in [-0.15, -0.1) is 13.2 Å². The predicted molar refractivity (Wildman–Crippen MR) is 83.4 cm³/mol. The van der Waals surface area contributed by atoms with Crippen molar-refractivity contribution in [2.75, 3.05) is 0 Å². The summed E-state index contributed by atoms with van der Waals surface area (Å²) in [6.45, 7) is 12.2. The molecular weight excluding hydrogens is 242 g/mol. The van der Waals surface area contributed by atoms with E-state index in [0.717, 1.165) is 34.5 Å². The van der Waals surface area contributed by atoms with Crippen LogP contribution in [0.5, 0.6) is 0 Å². The molecule has 0 bridgehead atoms. The average molecular weight is 264 g/mol. The van der Waals surface area contributed by atoms with Crippen LogP contribution in [-0.2, 0) is 6.42 Å². The quantitative estimate of drug-likeness (QED) is 0.636. The molecule has 0 fully saturated rings. The first-order valence-corrected chi connectivity index (χ1v) is 6.72. The zero-order valence-electron chi connectivity index (χ0n) is 11.5. The summed E-state index contributed by atoms with van der Waals surface area (Å²) in [4.78, 5) is 4.55. The molecule has 1 nitrogen and oxygen atoms in total. The maximum atomic E-state index is 5.89. The molecule has 1 aromatic heterocycles. The van der Waals surface area contributed by atoms with E-state index in [1.165, 1.54) is 0 Å². The second-order valence-corrected chi connectivity index (χ2v) is 3.83. The topological polar surface area (TPSA) is 12.9 Å². The van der Waals surface area contributed by atoms with Crippen molar-refractivity contribution in [2.45, 2.75) is 33.6 Å². The maximum absolute atomic E-state index is 5.89. The van der Waals surface area contributed by atoms with Crippen LogP contribution in [0.25, 0.3) is 10.9 Å². The van der Waals surface area contributed by atoms with Crippen molar-refractivity contribution in [2.24, 2.45) is 0 Å². The molecule has 1 heterocycles. The van der Waals surface area contributed by atoms with Crippen molar-refractivity contribution in [1.29, 1.82) is 0 Å². The van der Waals surface area contributed by atoms with Gasteiger partial charge >= 0.3 is 0 Å². The summed E-state index contributed by atoms with van der Waals surface area (Å²) in [5.41, 5.74) is 2.18. The minimum Gasteiger partial charge on any atom is -0.253 e. The molecule has 0 aliphatic heterocycles. The third kappa shape index (κ3) is 4.89. The average Bonchev–Trinajstić information content (AvgIpc) is 2.44. The summed E-state index contributed by atoms with van der Waals surface area (Å²) in [5, 5.41) is 1.87. The number of aryl methyl sites for hydroxylation is 1. The number of fused-ring (bicyclic) bond motifs is 1. The Hall–Kier alpha value is -1.34. The van der Waals surface area contributed by atoms with Crippen molar-refractivity contribution in [1.82, 2.24) is 4.98 Å². The van der Waals surface area contributed by atoms with Crippen LogP contribution < -0.4 is 0 Å². The van der Waals surface area contributed by atoms with Crippen molar-refractivity contribution >= 4 is 22.5 Å². The highest BCUT2D eigenvalue weighted by Crippen LogP contribution is 2.18. The highest BCUT2D eigenvalue weighted by atomic mass is 35.5. The largest absolute Gasteiger partial charge is 0.253 e. The second kappa shape index (κ2) is 9.67. The van der Waals surface area contributed by atoms with E-state index in [9.17, 15) is 0 Å². The molecular formula is C16H22ClN. The number of aromatic nitrogens is 1. The first kappa shape index (κ1) is 16.7. The number of hydrogen-bond acceptors (Lipinski definition) is 1. The van der Waals surface area contributed by atoms with Crippen molar-refractivity contribution < 1.29 is 0 Å². The van der Waals surface area contributed by atoms with Gasteiger partial charge in [0.25, 0.3) is 0 Å². The van der Waals surface area contributed by atoms with Crippen LogP contribution in [0, 0.1) is 0 Å². The Bertz CT molecular complexity index is 466. The summed E-state index contributed by atoms with van der Waals surface area (Å²) < 4.78 is 0. The van der Waals surface area contributed by atoms with E-state index < -0.39 is 0 Å². The lowest BCUT2D eigenvalue weighted by Crippen LogP contribution is -1.89. The fourth-order valence-corrected chi connectivity index (χ4v) is 1.71. The summed E-state index contributed by atoms with van der Waals surface area (Å²) in [6.07, 6.45) is 2.17. The highest BCUT2D eigenvalue weighted by Gasteiger charge is 1.98. The zero-order chi connectivity index (χ0) is 14.0. The maximum Gasteiger partial charge on any atom is 0.0706 e. The molecule has 18 heavy (non-hydrogen) atoms. The lowest BCUT2D eigenvalue weighted by atomic mass is 10.1. The van der Waals surface area contributed by atoms with E-state index in [2.05, 4.69) is 37.2 Å². The van der Waals surface area contributed by atoms with Crippen LogP contribution in [-0.4, -0.2) is 4.98 Å². The van der Waals surface area contributed by atoms with Gasteiger partial charge in [-0.25, -0.2) is 0 Å². The van der Waals surface area contributed by atoms with E-state index in [-0.39, 0.29) is 0 Å². The zero-order valence-corrected chi connectivity index (χ0v) is 12.3. The van der Waals surface area contributed by atoms with Gasteiger partial charge in [0.2, 0.25) is 0 Å². The summed E-state index contributed by atoms with van der Waals surface area (Å²) >= 11 is 5.89. The van der Waals surface area contributed by atoms with E-state index in [0.29, 0.717) is 0 Å². The monoisotopic (exact) mass is 263 g/mol. The smallest absolute Gasteiger partial charge is 0.0706 e. The molecule has 0 unspecified atom stereocenters. The normalized spacial score (nSPS) is 8.89. The first-order chi connectivity index (χ1) is 8.79. The van der Waals surface area contributed by atoms with E-state index >= 15 is 0 Å². The van der Waals surface area contributed by atoms with Gasteiger partial charge in [0.1, 0.15) is 0 Å². The Kier molecular flexibility index (Phi) is 8.95. The van der Waals surface area contributed by atoms with Gasteiger partial charge in [0.05, 0.1) is 5.52 Å². The number of halogens is 1. The highest BCUT2D eigenvalue weighted by molar-refractivity contribution is 6.31.